The topological polar surface area (TPSA) is 110 Å². The number of hydrogen-bond acceptors (Lipinski definition) is 6. The Morgan fingerprint density at radius 3 is 2.36 bits per heavy atom. The van der Waals surface area contributed by atoms with Gasteiger partial charge in [-0.25, -0.2) is 0 Å². The second kappa shape index (κ2) is 8.75. The summed E-state index contributed by atoms with van der Waals surface area (Å²) in [5.41, 5.74) is 6.37. The van der Waals surface area contributed by atoms with Crippen LogP contribution in [0.5, 0.6) is 0 Å². The van der Waals surface area contributed by atoms with Crippen LogP contribution in [0.25, 0.3) is 0 Å². The first-order valence-corrected chi connectivity index (χ1v) is 9.73. The average molecular weight is 400 g/mol. The van der Waals surface area contributed by atoms with E-state index in [4.69, 9.17) is 5.73 Å². The van der Waals surface area contributed by atoms with E-state index in [0.717, 1.165) is 0 Å². The van der Waals surface area contributed by atoms with Crippen molar-refractivity contribution in [3.05, 3.63) is 64.2 Å². The molecule has 0 radical (unpaired) electrons. The van der Waals surface area contributed by atoms with Crippen LogP contribution in [0.2, 0.25) is 0 Å². The monoisotopic (exact) mass is 400 g/mol. The van der Waals surface area contributed by atoms with E-state index in [2.05, 4.69) is 0 Å². The summed E-state index contributed by atoms with van der Waals surface area (Å²) in [6.45, 7) is 1.93. The number of primary amides is 1. The Morgan fingerprint density at radius 1 is 1.04 bits per heavy atom. The standard InChI is InChI=1S/C19H20N4O4S/c20-18(24)13-28-17-8-4-1-5-14(17)19(25)22-11-9-21(10-12-22)15-6-2-3-7-16(15)23(26)27/h1-8H,9-13H2,(H2,20,24). The lowest BCUT2D eigenvalue weighted by molar-refractivity contribution is -0.384. The molecule has 1 heterocycles. The molecule has 0 saturated carbocycles. The summed E-state index contributed by atoms with van der Waals surface area (Å²) >= 11 is 1.24. The fourth-order valence-electron chi connectivity index (χ4n) is 3.12. The van der Waals surface area contributed by atoms with E-state index in [1.165, 1.54) is 17.8 Å². The van der Waals surface area contributed by atoms with Gasteiger partial charge in [0.25, 0.3) is 11.6 Å². The number of nitrogens with zero attached hydrogens (tertiary/aromatic N) is 3. The highest BCUT2D eigenvalue weighted by Gasteiger charge is 2.27. The first-order valence-electron chi connectivity index (χ1n) is 8.75. The van der Waals surface area contributed by atoms with Crippen molar-refractivity contribution in [3.8, 4) is 0 Å². The van der Waals surface area contributed by atoms with Gasteiger partial charge in [-0.15, -0.1) is 11.8 Å². The molecule has 0 unspecified atom stereocenters. The molecule has 0 bridgehead atoms. The molecular formula is C19H20N4O4S. The van der Waals surface area contributed by atoms with Crippen LogP contribution in [-0.4, -0.2) is 53.6 Å². The van der Waals surface area contributed by atoms with Gasteiger partial charge in [0, 0.05) is 37.1 Å². The molecule has 1 aliphatic heterocycles. The lowest BCUT2D eigenvalue weighted by Crippen LogP contribution is -2.49. The molecule has 1 saturated heterocycles. The van der Waals surface area contributed by atoms with Crippen molar-refractivity contribution >= 4 is 35.0 Å². The molecule has 2 aromatic rings. The van der Waals surface area contributed by atoms with Crippen LogP contribution in [0.3, 0.4) is 0 Å². The van der Waals surface area contributed by atoms with Crippen LogP contribution >= 0.6 is 11.8 Å². The van der Waals surface area contributed by atoms with Crippen molar-refractivity contribution in [2.24, 2.45) is 5.73 Å². The van der Waals surface area contributed by atoms with Crippen molar-refractivity contribution in [1.82, 2.24) is 4.90 Å². The van der Waals surface area contributed by atoms with E-state index in [1.54, 1.807) is 41.3 Å². The van der Waals surface area contributed by atoms with Crippen LogP contribution in [0, 0.1) is 10.1 Å². The third-order valence-electron chi connectivity index (χ3n) is 4.47. The highest BCUT2D eigenvalue weighted by atomic mass is 32.2. The minimum atomic E-state index is -0.440. The van der Waals surface area contributed by atoms with Crippen molar-refractivity contribution < 1.29 is 14.5 Å². The van der Waals surface area contributed by atoms with Gasteiger partial charge in [-0.05, 0) is 18.2 Å². The van der Waals surface area contributed by atoms with Crippen LogP contribution in [0.4, 0.5) is 11.4 Å². The predicted octanol–water partition coefficient (Wildman–Crippen LogP) is 2.13. The van der Waals surface area contributed by atoms with Gasteiger partial charge in [-0.2, -0.15) is 0 Å². The number of carbonyl (C=O) groups excluding carboxylic acids is 2. The maximum atomic E-state index is 13.0. The molecule has 0 aromatic heterocycles. The van der Waals surface area contributed by atoms with Gasteiger partial charge in [-0.3, -0.25) is 19.7 Å². The summed E-state index contributed by atoms with van der Waals surface area (Å²) in [7, 11) is 0. The van der Waals surface area contributed by atoms with Gasteiger partial charge < -0.3 is 15.5 Å². The molecule has 2 amide bonds. The second-order valence-corrected chi connectivity index (χ2v) is 7.29. The number of hydrogen-bond donors (Lipinski definition) is 1. The van der Waals surface area contributed by atoms with E-state index in [9.17, 15) is 19.7 Å². The number of carbonyl (C=O) groups is 2. The first-order chi connectivity index (χ1) is 13.5. The SMILES string of the molecule is NC(=O)CSc1ccccc1C(=O)N1CCN(c2ccccc2[N+](=O)[O-])CC1. The van der Waals surface area contributed by atoms with Crippen LogP contribution < -0.4 is 10.6 Å². The lowest BCUT2D eigenvalue weighted by atomic mass is 10.1. The number of anilines is 1. The van der Waals surface area contributed by atoms with Gasteiger partial charge in [0.05, 0.1) is 16.2 Å². The quantitative estimate of drug-likeness (QED) is 0.452. The summed E-state index contributed by atoms with van der Waals surface area (Å²) in [5.74, 6) is -0.449. The molecule has 28 heavy (non-hydrogen) atoms. The molecule has 1 fully saturated rings. The van der Waals surface area contributed by atoms with Crippen LogP contribution in [0.1, 0.15) is 10.4 Å². The molecule has 2 aromatic carbocycles. The Labute approximate surface area is 166 Å². The van der Waals surface area contributed by atoms with E-state index in [1.807, 2.05) is 11.0 Å². The van der Waals surface area contributed by atoms with Gasteiger partial charge in [0.15, 0.2) is 0 Å². The molecule has 146 valence electrons. The van der Waals surface area contributed by atoms with Gasteiger partial charge in [-0.1, -0.05) is 24.3 Å². The number of amides is 2. The predicted molar refractivity (Wildman–Crippen MR) is 108 cm³/mol. The summed E-state index contributed by atoms with van der Waals surface area (Å²) < 4.78 is 0. The van der Waals surface area contributed by atoms with Gasteiger partial charge in [0.2, 0.25) is 5.91 Å². The highest BCUT2D eigenvalue weighted by molar-refractivity contribution is 8.00. The number of piperazine rings is 1. The molecule has 1 aliphatic rings. The maximum absolute atomic E-state index is 13.0. The number of para-hydroxylation sites is 2. The van der Waals surface area contributed by atoms with Crippen molar-refractivity contribution in [1.29, 1.82) is 0 Å². The molecule has 0 atom stereocenters. The van der Waals surface area contributed by atoms with Crippen molar-refractivity contribution in [2.45, 2.75) is 4.90 Å². The maximum Gasteiger partial charge on any atom is 0.292 e. The number of rotatable bonds is 6. The summed E-state index contributed by atoms with van der Waals surface area (Å²) in [6, 6.07) is 13.8. The number of nitro groups is 1. The Kier molecular flexibility index (Phi) is 6.15. The minimum Gasteiger partial charge on any atom is -0.369 e. The number of nitrogens with two attached hydrogens (primary N) is 1. The summed E-state index contributed by atoms with van der Waals surface area (Å²) in [6.07, 6.45) is 0. The Hall–Kier alpha value is -3.07. The van der Waals surface area contributed by atoms with E-state index in [0.29, 0.717) is 42.3 Å². The summed E-state index contributed by atoms with van der Waals surface area (Å²) in [4.78, 5) is 39.2. The molecule has 9 heteroatoms. The largest absolute Gasteiger partial charge is 0.369 e. The Balaban J connectivity index is 1.70. The van der Waals surface area contributed by atoms with Crippen molar-refractivity contribution in [2.75, 3.05) is 36.8 Å². The Bertz CT molecular complexity index is 897. The van der Waals surface area contributed by atoms with E-state index in [-0.39, 0.29) is 22.3 Å². The third-order valence-corrected chi connectivity index (χ3v) is 5.57. The van der Waals surface area contributed by atoms with E-state index < -0.39 is 5.91 Å². The zero-order valence-corrected chi connectivity index (χ0v) is 15.9. The highest BCUT2D eigenvalue weighted by Crippen LogP contribution is 2.29. The van der Waals surface area contributed by atoms with E-state index >= 15 is 0 Å². The number of benzene rings is 2. The fraction of sp³-hybridized carbons (Fsp3) is 0.263. The molecule has 2 N–H and O–H groups in total. The number of nitro benzene ring substituents is 1. The molecular weight excluding hydrogens is 380 g/mol. The normalized spacial score (nSPS) is 14.0. The van der Waals surface area contributed by atoms with Gasteiger partial charge in [0.1, 0.15) is 5.69 Å². The molecule has 0 aliphatic carbocycles. The van der Waals surface area contributed by atoms with Crippen LogP contribution in [0.15, 0.2) is 53.4 Å². The van der Waals surface area contributed by atoms with Crippen molar-refractivity contribution in [3.63, 3.8) is 0 Å². The third kappa shape index (κ3) is 4.42. The van der Waals surface area contributed by atoms with Crippen LogP contribution in [-0.2, 0) is 4.79 Å². The number of thioether (sulfide) groups is 1. The average Bonchev–Trinajstić information content (AvgIpc) is 2.72. The molecule has 0 spiro atoms. The Morgan fingerprint density at radius 2 is 1.68 bits per heavy atom. The molecule has 3 rings (SSSR count). The first kappa shape index (κ1) is 19.7. The summed E-state index contributed by atoms with van der Waals surface area (Å²) in [5, 5.41) is 11.2. The van der Waals surface area contributed by atoms with Gasteiger partial charge >= 0.3 is 0 Å². The smallest absolute Gasteiger partial charge is 0.292 e. The second-order valence-electron chi connectivity index (χ2n) is 6.28. The fourth-order valence-corrected chi connectivity index (χ4v) is 3.91. The minimum absolute atomic E-state index is 0.0653. The lowest BCUT2D eigenvalue weighted by Gasteiger charge is -2.36. The zero-order chi connectivity index (χ0) is 20.1. The zero-order valence-electron chi connectivity index (χ0n) is 15.1. The molecule has 8 nitrogen and oxygen atoms in total.